The lowest BCUT2D eigenvalue weighted by Crippen LogP contribution is -2.45. The second-order valence-electron chi connectivity index (χ2n) is 5.14. The summed E-state index contributed by atoms with van der Waals surface area (Å²) in [5.74, 6) is 2.65. The summed E-state index contributed by atoms with van der Waals surface area (Å²) < 4.78 is 5.26. The van der Waals surface area contributed by atoms with Gasteiger partial charge in [-0.05, 0) is 29.6 Å². The normalized spacial score (nSPS) is 36.2. The SMILES string of the molecule is COCC(C)(C)C1C(C)CC1C. The topological polar surface area (TPSA) is 9.23 Å². The Morgan fingerprint density at radius 3 is 2.08 bits per heavy atom. The third-order valence-electron chi connectivity index (χ3n) is 3.39. The molecule has 12 heavy (non-hydrogen) atoms. The minimum absolute atomic E-state index is 0.367. The van der Waals surface area contributed by atoms with Crippen molar-refractivity contribution in [1.29, 1.82) is 0 Å². The molecule has 72 valence electrons. The molecule has 0 aromatic carbocycles. The van der Waals surface area contributed by atoms with Crippen molar-refractivity contribution in [2.75, 3.05) is 13.7 Å². The van der Waals surface area contributed by atoms with Gasteiger partial charge in [-0.3, -0.25) is 0 Å². The first-order valence-corrected chi connectivity index (χ1v) is 4.98. The first-order valence-electron chi connectivity index (χ1n) is 4.98. The zero-order valence-electron chi connectivity index (χ0n) is 9.05. The van der Waals surface area contributed by atoms with E-state index in [1.165, 1.54) is 6.42 Å². The summed E-state index contributed by atoms with van der Waals surface area (Å²) in [6.45, 7) is 10.3. The summed E-state index contributed by atoms with van der Waals surface area (Å²) >= 11 is 0. The Morgan fingerprint density at radius 2 is 1.75 bits per heavy atom. The molecule has 2 atom stereocenters. The molecule has 0 aromatic rings. The van der Waals surface area contributed by atoms with Gasteiger partial charge < -0.3 is 4.74 Å². The number of hydrogen-bond donors (Lipinski definition) is 0. The van der Waals surface area contributed by atoms with E-state index in [0.717, 1.165) is 24.4 Å². The van der Waals surface area contributed by atoms with Gasteiger partial charge in [-0.1, -0.05) is 27.7 Å². The Hall–Kier alpha value is -0.0400. The molecular formula is C11H22O. The first kappa shape index (κ1) is 10.0. The van der Waals surface area contributed by atoms with E-state index in [-0.39, 0.29) is 0 Å². The third-order valence-corrected chi connectivity index (χ3v) is 3.39. The van der Waals surface area contributed by atoms with Crippen molar-refractivity contribution in [3.05, 3.63) is 0 Å². The molecule has 0 radical (unpaired) electrons. The van der Waals surface area contributed by atoms with Gasteiger partial charge in [0.1, 0.15) is 0 Å². The fourth-order valence-corrected chi connectivity index (χ4v) is 3.25. The molecule has 1 fully saturated rings. The second-order valence-corrected chi connectivity index (χ2v) is 5.14. The largest absolute Gasteiger partial charge is 0.384 e. The molecule has 0 aliphatic heterocycles. The molecular weight excluding hydrogens is 148 g/mol. The van der Waals surface area contributed by atoms with E-state index in [1.807, 2.05) is 0 Å². The van der Waals surface area contributed by atoms with Crippen LogP contribution in [0.3, 0.4) is 0 Å². The molecule has 1 heteroatoms. The second kappa shape index (κ2) is 3.37. The highest BCUT2D eigenvalue weighted by molar-refractivity contribution is 4.93. The van der Waals surface area contributed by atoms with E-state index in [9.17, 15) is 0 Å². The van der Waals surface area contributed by atoms with Crippen molar-refractivity contribution in [3.8, 4) is 0 Å². The van der Waals surface area contributed by atoms with Crippen molar-refractivity contribution < 1.29 is 4.74 Å². The average molecular weight is 170 g/mol. The van der Waals surface area contributed by atoms with Crippen molar-refractivity contribution in [2.24, 2.45) is 23.2 Å². The van der Waals surface area contributed by atoms with Crippen LogP contribution in [0, 0.1) is 23.2 Å². The van der Waals surface area contributed by atoms with Crippen LogP contribution in [0.1, 0.15) is 34.1 Å². The van der Waals surface area contributed by atoms with E-state index in [0.29, 0.717) is 5.41 Å². The van der Waals surface area contributed by atoms with Crippen LogP contribution in [-0.4, -0.2) is 13.7 Å². The molecule has 1 saturated carbocycles. The summed E-state index contributed by atoms with van der Waals surface area (Å²) in [5.41, 5.74) is 0.367. The Bertz CT molecular complexity index is 143. The molecule has 1 aliphatic rings. The van der Waals surface area contributed by atoms with Crippen LogP contribution in [0.4, 0.5) is 0 Å². The fourth-order valence-electron chi connectivity index (χ4n) is 3.25. The van der Waals surface area contributed by atoms with Crippen LogP contribution in [0.5, 0.6) is 0 Å². The number of rotatable bonds is 3. The maximum Gasteiger partial charge on any atom is 0.0516 e. The van der Waals surface area contributed by atoms with Crippen molar-refractivity contribution >= 4 is 0 Å². The van der Waals surface area contributed by atoms with Gasteiger partial charge in [0, 0.05) is 7.11 Å². The molecule has 0 saturated heterocycles. The minimum atomic E-state index is 0.367. The van der Waals surface area contributed by atoms with Crippen LogP contribution in [0.15, 0.2) is 0 Å². The molecule has 0 heterocycles. The van der Waals surface area contributed by atoms with Crippen LogP contribution < -0.4 is 0 Å². The monoisotopic (exact) mass is 170 g/mol. The highest BCUT2D eigenvalue weighted by atomic mass is 16.5. The average Bonchev–Trinajstić information content (AvgIpc) is 1.84. The lowest BCUT2D eigenvalue weighted by atomic mass is 9.56. The van der Waals surface area contributed by atoms with Crippen molar-refractivity contribution in [3.63, 3.8) is 0 Å². The van der Waals surface area contributed by atoms with E-state index in [4.69, 9.17) is 4.74 Å². The fraction of sp³-hybridized carbons (Fsp3) is 1.00. The third kappa shape index (κ3) is 1.66. The number of methoxy groups -OCH3 is 1. The number of ether oxygens (including phenoxy) is 1. The molecule has 0 aromatic heterocycles. The van der Waals surface area contributed by atoms with Gasteiger partial charge >= 0.3 is 0 Å². The van der Waals surface area contributed by atoms with Crippen LogP contribution in [0.25, 0.3) is 0 Å². The Balaban J connectivity index is 2.54. The van der Waals surface area contributed by atoms with Gasteiger partial charge in [0.2, 0.25) is 0 Å². The Morgan fingerprint density at radius 1 is 1.25 bits per heavy atom. The zero-order chi connectivity index (χ0) is 9.35. The van der Waals surface area contributed by atoms with E-state index in [2.05, 4.69) is 27.7 Å². The molecule has 0 N–H and O–H groups in total. The smallest absolute Gasteiger partial charge is 0.0516 e. The van der Waals surface area contributed by atoms with E-state index in [1.54, 1.807) is 7.11 Å². The molecule has 0 amide bonds. The quantitative estimate of drug-likeness (QED) is 0.632. The highest BCUT2D eigenvalue weighted by Gasteiger charge is 2.44. The van der Waals surface area contributed by atoms with Crippen LogP contribution >= 0.6 is 0 Å². The van der Waals surface area contributed by atoms with Gasteiger partial charge in [0.15, 0.2) is 0 Å². The molecule has 1 aliphatic carbocycles. The summed E-state index contributed by atoms with van der Waals surface area (Å²) in [6, 6.07) is 0. The maximum absolute atomic E-state index is 5.26. The Kier molecular flexibility index (Phi) is 2.82. The van der Waals surface area contributed by atoms with Gasteiger partial charge in [-0.25, -0.2) is 0 Å². The molecule has 0 bridgehead atoms. The lowest BCUT2D eigenvalue weighted by molar-refractivity contribution is -0.0500. The van der Waals surface area contributed by atoms with E-state index >= 15 is 0 Å². The van der Waals surface area contributed by atoms with E-state index < -0.39 is 0 Å². The number of hydrogen-bond acceptors (Lipinski definition) is 1. The standard InChI is InChI=1S/C11H22O/c1-8-6-9(2)10(8)11(3,4)7-12-5/h8-10H,6-7H2,1-5H3. The van der Waals surface area contributed by atoms with Crippen LogP contribution in [0.2, 0.25) is 0 Å². The summed E-state index contributed by atoms with van der Waals surface area (Å²) in [4.78, 5) is 0. The zero-order valence-corrected chi connectivity index (χ0v) is 9.05. The van der Waals surface area contributed by atoms with Crippen LogP contribution in [-0.2, 0) is 4.74 Å². The van der Waals surface area contributed by atoms with Gasteiger partial charge in [0.25, 0.3) is 0 Å². The molecule has 1 rings (SSSR count). The molecule has 1 nitrogen and oxygen atoms in total. The molecule has 0 spiro atoms. The predicted octanol–water partition coefficient (Wildman–Crippen LogP) is 2.95. The van der Waals surface area contributed by atoms with Crippen molar-refractivity contribution in [2.45, 2.75) is 34.1 Å². The lowest BCUT2D eigenvalue weighted by Gasteiger charge is -2.50. The summed E-state index contributed by atoms with van der Waals surface area (Å²) in [6.07, 6.45) is 1.40. The maximum atomic E-state index is 5.26. The van der Waals surface area contributed by atoms with Gasteiger partial charge in [-0.2, -0.15) is 0 Å². The summed E-state index contributed by atoms with van der Waals surface area (Å²) in [5, 5.41) is 0. The predicted molar refractivity (Wildman–Crippen MR) is 52.1 cm³/mol. The summed E-state index contributed by atoms with van der Waals surface area (Å²) in [7, 11) is 1.80. The Labute approximate surface area is 76.5 Å². The highest BCUT2D eigenvalue weighted by Crippen LogP contribution is 2.50. The molecule has 2 unspecified atom stereocenters. The van der Waals surface area contributed by atoms with Crippen molar-refractivity contribution in [1.82, 2.24) is 0 Å². The minimum Gasteiger partial charge on any atom is -0.384 e. The van der Waals surface area contributed by atoms with Gasteiger partial charge in [0.05, 0.1) is 6.61 Å². The van der Waals surface area contributed by atoms with Gasteiger partial charge in [-0.15, -0.1) is 0 Å². The first-order chi connectivity index (χ1) is 5.49.